The molecule has 5 rings (SSSR count). The number of fused-ring (bicyclic) bond motifs is 2. The first-order valence-electron chi connectivity index (χ1n) is 9.98. The van der Waals surface area contributed by atoms with Crippen molar-refractivity contribution in [2.45, 2.75) is 23.3 Å². The van der Waals surface area contributed by atoms with Crippen molar-refractivity contribution in [3.63, 3.8) is 0 Å². The van der Waals surface area contributed by atoms with Gasteiger partial charge in [0.25, 0.3) is 0 Å². The predicted molar refractivity (Wildman–Crippen MR) is 113 cm³/mol. The summed E-state index contributed by atoms with van der Waals surface area (Å²) in [4.78, 5) is 12.5. The number of esters is 1. The van der Waals surface area contributed by atoms with Crippen LogP contribution in [0.3, 0.4) is 0 Å². The smallest absolute Gasteiger partial charge is 0.339 e. The fourth-order valence-corrected chi connectivity index (χ4v) is 5.91. The van der Waals surface area contributed by atoms with Crippen LogP contribution in [0.15, 0.2) is 83.8 Å². The van der Waals surface area contributed by atoms with E-state index in [4.69, 9.17) is 4.74 Å². The van der Waals surface area contributed by atoms with Crippen molar-refractivity contribution in [1.29, 1.82) is 0 Å². The summed E-state index contributed by atoms with van der Waals surface area (Å²) in [6.45, 7) is 0.610. The Morgan fingerprint density at radius 1 is 0.800 bits per heavy atom. The van der Waals surface area contributed by atoms with E-state index >= 15 is 0 Å². The molecule has 1 saturated heterocycles. The molecule has 0 aromatic heterocycles. The zero-order chi connectivity index (χ0) is 20.8. The van der Waals surface area contributed by atoms with Gasteiger partial charge in [-0.2, -0.15) is 4.31 Å². The predicted octanol–water partition coefficient (Wildman–Crippen LogP) is 4.20. The van der Waals surface area contributed by atoms with Crippen LogP contribution in [-0.4, -0.2) is 31.8 Å². The number of hydrogen-bond acceptors (Lipinski definition) is 4. The van der Waals surface area contributed by atoms with Gasteiger partial charge in [0.05, 0.1) is 10.5 Å². The van der Waals surface area contributed by atoms with Gasteiger partial charge in [0.1, 0.15) is 5.60 Å². The molecule has 0 radical (unpaired) electrons. The highest BCUT2D eigenvalue weighted by molar-refractivity contribution is 7.89. The summed E-state index contributed by atoms with van der Waals surface area (Å²) < 4.78 is 33.8. The van der Waals surface area contributed by atoms with E-state index in [-0.39, 0.29) is 10.9 Å². The SMILES string of the molecule is O=C1OC2(CCN(S(=O)(=O)c3cccc(-c4ccccc4)c3)CC2)c2ccccc21. The summed E-state index contributed by atoms with van der Waals surface area (Å²) in [5.74, 6) is -0.322. The van der Waals surface area contributed by atoms with Crippen LogP contribution in [0, 0.1) is 0 Å². The third-order valence-electron chi connectivity index (χ3n) is 6.03. The molecule has 3 aromatic carbocycles. The molecule has 0 amide bonds. The van der Waals surface area contributed by atoms with Gasteiger partial charge in [-0.05, 0) is 29.3 Å². The van der Waals surface area contributed by atoms with Gasteiger partial charge in [0, 0.05) is 31.5 Å². The second-order valence-corrected chi connectivity index (χ2v) is 9.67. The number of rotatable bonds is 3. The molecule has 0 N–H and O–H groups in total. The molecule has 2 aliphatic rings. The average molecular weight is 420 g/mol. The number of ether oxygens (including phenoxy) is 1. The largest absolute Gasteiger partial charge is 0.450 e. The highest BCUT2D eigenvalue weighted by Crippen LogP contribution is 2.44. The molecule has 2 aliphatic heterocycles. The van der Waals surface area contributed by atoms with E-state index in [1.165, 1.54) is 4.31 Å². The lowest BCUT2D eigenvalue weighted by atomic mass is 9.84. The van der Waals surface area contributed by atoms with Crippen LogP contribution in [-0.2, 0) is 20.4 Å². The molecule has 152 valence electrons. The Morgan fingerprint density at radius 3 is 2.23 bits per heavy atom. The Kier molecular flexibility index (Phi) is 4.49. The van der Waals surface area contributed by atoms with Crippen molar-refractivity contribution in [3.8, 4) is 11.1 Å². The second kappa shape index (κ2) is 7.07. The number of carbonyl (C=O) groups is 1. The van der Waals surface area contributed by atoms with Crippen LogP contribution in [0.5, 0.6) is 0 Å². The first kappa shape index (κ1) is 19.0. The molecule has 1 spiro atoms. The van der Waals surface area contributed by atoms with E-state index in [0.29, 0.717) is 31.5 Å². The van der Waals surface area contributed by atoms with E-state index < -0.39 is 15.6 Å². The van der Waals surface area contributed by atoms with Gasteiger partial charge in [-0.15, -0.1) is 0 Å². The average Bonchev–Trinajstić information content (AvgIpc) is 3.06. The Balaban J connectivity index is 1.40. The summed E-state index contributed by atoms with van der Waals surface area (Å²) in [6.07, 6.45) is 0.903. The number of hydrogen-bond donors (Lipinski definition) is 0. The molecule has 30 heavy (non-hydrogen) atoms. The van der Waals surface area contributed by atoms with E-state index in [1.54, 1.807) is 24.3 Å². The van der Waals surface area contributed by atoms with Gasteiger partial charge in [-0.1, -0.05) is 60.7 Å². The fraction of sp³-hybridized carbons (Fsp3) is 0.208. The van der Waals surface area contributed by atoms with Crippen molar-refractivity contribution in [2.24, 2.45) is 0 Å². The highest BCUT2D eigenvalue weighted by Gasteiger charge is 2.48. The quantitative estimate of drug-likeness (QED) is 0.597. The van der Waals surface area contributed by atoms with Crippen LogP contribution >= 0.6 is 0 Å². The Labute approximate surface area is 176 Å². The lowest BCUT2D eigenvalue weighted by Crippen LogP contribution is -2.45. The fourth-order valence-electron chi connectivity index (χ4n) is 4.42. The minimum Gasteiger partial charge on any atom is -0.450 e. The number of sulfonamides is 1. The van der Waals surface area contributed by atoms with Crippen molar-refractivity contribution in [3.05, 3.63) is 90.0 Å². The van der Waals surface area contributed by atoms with Crippen molar-refractivity contribution < 1.29 is 17.9 Å². The van der Waals surface area contributed by atoms with Gasteiger partial charge in [-0.25, -0.2) is 13.2 Å². The summed E-state index contributed by atoms with van der Waals surface area (Å²) in [5.41, 5.74) is 2.58. The summed E-state index contributed by atoms with van der Waals surface area (Å²) in [7, 11) is -3.64. The first-order valence-corrected chi connectivity index (χ1v) is 11.4. The van der Waals surface area contributed by atoms with E-state index in [9.17, 15) is 13.2 Å². The molecule has 0 bridgehead atoms. The van der Waals surface area contributed by atoms with E-state index in [0.717, 1.165) is 16.7 Å². The molecule has 2 heterocycles. The van der Waals surface area contributed by atoms with Gasteiger partial charge in [0.2, 0.25) is 10.0 Å². The molecule has 5 nitrogen and oxygen atoms in total. The van der Waals surface area contributed by atoms with Gasteiger partial charge in [-0.3, -0.25) is 0 Å². The maximum Gasteiger partial charge on any atom is 0.339 e. The monoisotopic (exact) mass is 419 g/mol. The number of piperidine rings is 1. The Hall–Kier alpha value is -2.96. The Bertz CT molecular complexity index is 1210. The minimum atomic E-state index is -3.64. The zero-order valence-electron chi connectivity index (χ0n) is 16.3. The van der Waals surface area contributed by atoms with Gasteiger partial charge < -0.3 is 4.74 Å². The van der Waals surface area contributed by atoms with Crippen LogP contribution in [0.1, 0.15) is 28.8 Å². The normalized spacial score (nSPS) is 18.2. The molecule has 6 heteroatoms. The first-order chi connectivity index (χ1) is 14.5. The maximum atomic E-state index is 13.3. The molecule has 0 aliphatic carbocycles. The summed E-state index contributed by atoms with van der Waals surface area (Å²) in [6, 6.07) is 24.1. The second-order valence-electron chi connectivity index (χ2n) is 7.73. The van der Waals surface area contributed by atoms with Crippen LogP contribution in [0.25, 0.3) is 11.1 Å². The third-order valence-corrected chi connectivity index (χ3v) is 7.93. The lowest BCUT2D eigenvalue weighted by Gasteiger charge is -2.37. The molecule has 3 aromatic rings. The van der Waals surface area contributed by atoms with Crippen LogP contribution in [0.2, 0.25) is 0 Å². The van der Waals surface area contributed by atoms with Gasteiger partial charge in [0.15, 0.2) is 0 Å². The summed E-state index contributed by atoms with van der Waals surface area (Å²) >= 11 is 0. The van der Waals surface area contributed by atoms with E-state index in [1.807, 2.05) is 54.6 Å². The maximum absolute atomic E-state index is 13.3. The number of nitrogens with zero attached hydrogens (tertiary/aromatic N) is 1. The third kappa shape index (κ3) is 3.04. The molecule has 1 fully saturated rings. The standard InChI is InChI=1S/C24H21NO4S/c26-23-21-11-4-5-12-22(21)24(29-23)13-15-25(16-14-24)30(27,28)20-10-6-9-19(17-20)18-7-2-1-3-8-18/h1-12,17H,13-16H2. The number of benzene rings is 3. The summed E-state index contributed by atoms with van der Waals surface area (Å²) in [5, 5.41) is 0. The van der Waals surface area contributed by atoms with Crippen molar-refractivity contribution in [1.82, 2.24) is 4.31 Å². The molecule has 0 unspecified atom stereocenters. The zero-order valence-corrected chi connectivity index (χ0v) is 17.1. The lowest BCUT2D eigenvalue weighted by molar-refractivity contribution is -0.0329. The highest BCUT2D eigenvalue weighted by atomic mass is 32.2. The topological polar surface area (TPSA) is 63.7 Å². The van der Waals surface area contributed by atoms with Gasteiger partial charge >= 0.3 is 5.97 Å². The molecule has 0 saturated carbocycles. The van der Waals surface area contributed by atoms with Crippen LogP contribution < -0.4 is 0 Å². The molecular weight excluding hydrogens is 398 g/mol. The van der Waals surface area contributed by atoms with Crippen molar-refractivity contribution >= 4 is 16.0 Å². The minimum absolute atomic E-state index is 0.281. The van der Waals surface area contributed by atoms with Crippen molar-refractivity contribution in [2.75, 3.05) is 13.1 Å². The molecule has 0 atom stereocenters. The molecular formula is C24H21NO4S. The van der Waals surface area contributed by atoms with Crippen LogP contribution in [0.4, 0.5) is 0 Å². The number of carbonyl (C=O) groups excluding carboxylic acids is 1. The Morgan fingerprint density at radius 2 is 1.47 bits per heavy atom. The van der Waals surface area contributed by atoms with E-state index in [2.05, 4.69) is 0 Å².